The van der Waals surface area contributed by atoms with Crippen LogP contribution in [0, 0.1) is 5.92 Å². The number of nitrogens with one attached hydrogen (secondary N) is 1. The van der Waals surface area contributed by atoms with Crippen molar-refractivity contribution >= 4 is 52.3 Å². The summed E-state index contributed by atoms with van der Waals surface area (Å²) in [5, 5.41) is 6.48. The first kappa shape index (κ1) is 23.1. The van der Waals surface area contributed by atoms with Crippen molar-refractivity contribution in [2.75, 3.05) is 65.4 Å². The molecule has 10 heteroatoms. The lowest BCUT2D eigenvalue weighted by molar-refractivity contribution is -0.140. The van der Waals surface area contributed by atoms with Crippen molar-refractivity contribution in [1.82, 2.24) is 20.1 Å². The van der Waals surface area contributed by atoms with Gasteiger partial charge in [0.05, 0.1) is 25.5 Å². The molecule has 8 nitrogen and oxygen atoms in total. The maximum Gasteiger partial charge on any atom is 0.225 e. The molecule has 2 saturated heterocycles. The van der Waals surface area contributed by atoms with Gasteiger partial charge in [0.25, 0.3) is 0 Å². The molecule has 1 aromatic heterocycles. The Bertz CT molecular complexity index is 654. The van der Waals surface area contributed by atoms with Gasteiger partial charge in [0.15, 0.2) is 11.1 Å². The number of rotatable bonds is 4. The van der Waals surface area contributed by atoms with Crippen molar-refractivity contribution in [3.05, 3.63) is 11.1 Å². The average molecular weight is 522 g/mol. The van der Waals surface area contributed by atoms with Gasteiger partial charge in [-0.2, -0.15) is 0 Å². The Kier molecular flexibility index (Phi) is 9.22. The predicted octanol–water partition coefficient (Wildman–Crippen LogP) is 1.47. The molecule has 0 radical (unpaired) electrons. The Morgan fingerprint density at radius 1 is 1.29 bits per heavy atom. The molecule has 0 spiro atoms. The van der Waals surface area contributed by atoms with Crippen LogP contribution in [0.3, 0.4) is 0 Å². The van der Waals surface area contributed by atoms with E-state index in [9.17, 15) is 4.79 Å². The van der Waals surface area contributed by atoms with E-state index in [2.05, 4.69) is 25.6 Å². The van der Waals surface area contributed by atoms with E-state index in [0.717, 1.165) is 55.8 Å². The third-order valence-electron chi connectivity index (χ3n) is 5.03. The van der Waals surface area contributed by atoms with Crippen LogP contribution in [-0.2, 0) is 16.1 Å². The minimum Gasteiger partial charge on any atom is -0.378 e. The Morgan fingerprint density at radius 3 is 2.54 bits per heavy atom. The number of thiazole rings is 1. The number of morpholine rings is 1. The summed E-state index contributed by atoms with van der Waals surface area (Å²) in [6.07, 6.45) is 1.75. The number of halogens is 1. The van der Waals surface area contributed by atoms with E-state index in [-0.39, 0.29) is 29.9 Å². The number of ether oxygens (including phenoxy) is 1. The van der Waals surface area contributed by atoms with Crippen LogP contribution in [-0.4, -0.2) is 87.2 Å². The molecule has 2 aliphatic heterocycles. The summed E-state index contributed by atoms with van der Waals surface area (Å²) in [4.78, 5) is 27.9. The standard InChI is InChI=1S/C18H30N6O2S.HI/c1-19-17(20-12-15-13-27-18(21-15)22(2)3)24-6-4-14(5-7-24)16(25)23-8-10-26-11-9-23;/h13-14H,4-12H2,1-3H3,(H,19,20);1H. The number of amides is 1. The summed E-state index contributed by atoms with van der Waals surface area (Å²) in [6, 6.07) is 0. The van der Waals surface area contributed by atoms with E-state index in [1.54, 1.807) is 18.4 Å². The number of carbonyl (C=O) groups is 1. The maximum atomic E-state index is 12.7. The summed E-state index contributed by atoms with van der Waals surface area (Å²) in [6.45, 7) is 5.13. The molecule has 1 aromatic rings. The molecule has 0 unspecified atom stereocenters. The van der Waals surface area contributed by atoms with Crippen LogP contribution >= 0.6 is 35.3 Å². The maximum absolute atomic E-state index is 12.7. The molecule has 3 heterocycles. The van der Waals surface area contributed by atoms with E-state index in [1.165, 1.54) is 0 Å². The van der Waals surface area contributed by atoms with Crippen molar-refractivity contribution in [2.24, 2.45) is 10.9 Å². The zero-order valence-electron chi connectivity index (χ0n) is 16.9. The summed E-state index contributed by atoms with van der Waals surface area (Å²) in [5.74, 6) is 1.30. The number of anilines is 1. The van der Waals surface area contributed by atoms with Crippen LogP contribution in [0.4, 0.5) is 5.13 Å². The number of aliphatic imine (C=N–C) groups is 1. The zero-order valence-corrected chi connectivity index (χ0v) is 20.0. The van der Waals surface area contributed by atoms with Crippen LogP contribution in [0.1, 0.15) is 18.5 Å². The van der Waals surface area contributed by atoms with Gasteiger partial charge in [0.2, 0.25) is 5.91 Å². The molecule has 158 valence electrons. The first-order chi connectivity index (χ1) is 13.1. The van der Waals surface area contributed by atoms with E-state index in [4.69, 9.17) is 4.74 Å². The Hall–Kier alpha value is -1.14. The molecular formula is C18H31IN6O2S. The van der Waals surface area contributed by atoms with Gasteiger partial charge in [-0.15, -0.1) is 35.3 Å². The van der Waals surface area contributed by atoms with Gasteiger partial charge >= 0.3 is 0 Å². The van der Waals surface area contributed by atoms with Crippen molar-refractivity contribution in [3.8, 4) is 0 Å². The minimum atomic E-state index is 0. The van der Waals surface area contributed by atoms with Crippen molar-refractivity contribution in [2.45, 2.75) is 19.4 Å². The quantitative estimate of drug-likeness (QED) is 0.367. The molecule has 0 saturated carbocycles. The summed E-state index contributed by atoms with van der Waals surface area (Å²) in [5.41, 5.74) is 1.02. The third kappa shape index (κ3) is 5.93. The van der Waals surface area contributed by atoms with E-state index in [1.807, 2.05) is 23.9 Å². The summed E-state index contributed by atoms with van der Waals surface area (Å²) < 4.78 is 5.35. The van der Waals surface area contributed by atoms with Gasteiger partial charge in [0, 0.05) is 58.6 Å². The van der Waals surface area contributed by atoms with Crippen LogP contribution in [0.15, 0.2) is 10.4 Å². The smallest absolute Gasteiger partial charge is 0.225 e. The Morgan fingerprint density at radius 2 is 1.96 bits per heavy atom. The van der Waals surface area contributed by atoms with E-state index in [0.29, 0.717) is 25.7 Å². The minimum absolute atomic E-state index is 0. The largest absolute Gasteiger partial charge is 0.378 e. The molecule has 1 amide bonds. The summed E-state index contributed by atoms with van der Waals surface area (Å²) in [7, 11) is 5.80. The summed E-state index contributed by atoms with van der Waals surface area (Å²) >= 11 is 1.64. The molecule has 28 heavy (non-hydrogen) atoms. The first-order valence-electron chi connectivity index (χ1n) is 9.52. The molecule has 0 bridgehead atoms. The molecule has 2 aliphatic rings. The van der Waals surface area contributed by atoms with Crippen LogP contribution in [0.2, 0.25) is 0 Å². The lowest BCUT2D eigenvalue weighted by atomic mass is 9.95. The van der Waals surface area contributed by atoms with Crippen LogP contribution in [0.5, 0.6) is 0 Å². The number of hydrogen-bond acceptors (Lipinski definition) is 6. The fraction of sp³-hybridized carbons (Fsp3) is 0.722. The third-order valence-corrected chi connectivity index (χ3v) is 6.09. The zero-order chi connectivity index (χ0) is 19.2. The highest BCUT2D eigenvalue weighted by molar-refractivity contribution is 14.0. The number of likely N-dealkylation sites (tertiary alicyclic amines) is 1. The molecule has 0 aromatic carbocycles. The van der Waals surface area contributed by atoms with E-state index < -0.39 is 0 Å². The molecule has 3 rings (SSSR count). The van der Waals surface area contributed by atoms with Gasteiger partial charge in [-0.05, 0) is 12.8 Å². The van der Waals surface area contributed by atoms with Crippen LogP contribution in [0.25, 0.3) is 0 Å². The highest BCUT2D eigenvalue weighted by Crippen LogP contribution is 2.21. The highest BCUT2D eigenvalue weighted by Gasteiger charge is 2.30. The van der Waals surface area contributed by atoms with Crippen molar-refractivity contribution in [3.63, 3.8) is 0 Å². The monoisotopic (exact) mass is 522 g/mol. The molecular weight excluding hydrogens is 491 g/mol. The van der Waals surface area contributed by atoms with Crippen molar-refractivity contribution in [1.29, 1.82) is 0 Å². The molecule has 2 fully saturated rings. The van der Waals surface area contributed by atoms with Crippen molar-refractivity contribution < 1.29 is 9.53 Å². The average Bonchev–Trinajstić information content (AvgIpc) is 3.18. The normalized spacial score (nSPS) is 18.6. The number of carbonyl (C=O) groups excluding carboxylic acids is 1. The fourth-order valence-corrected chi connectivity index (χ4v) is 4.22. The van der Waals surface area contributed by atoms with E-state index >= 15 is 0 Å². The number of aromatic nitrogens is 1. The SMILES string of the molecule is CN=C(NCc1csc(N(C)C)n1)N1CCC(C(=O)N2CCOCC2)CC1.I. The second-order valence-corrected chi connectivity index (χ2v) is 7.95. The lowest BCUT2D eigenvalue weighted by Crippen LogP contribution is -2.49. The first-order valence-corrected chi connectivity index (χ1v) is 10.4. The van der Waals surface area contributed by atoms with Gasteiger partial charge in [-0.3, -0.25) is 9.79 Å². The number of nitrogens with zero attached hydrogens (tertiary/aromatic N) is 5. The topological polar surface area (TPSA) is 73.3 Å². The fourth-order valence-electron chi connectivity index (χ4n) is 3.46. The number of piperidine rings is 1. The second kappa shape index (κ2) is 11.1. The van der Waals surface area contributed by atoms with Gasteiger partial charge in [0.1, 0.15) is 0 Å². The molecule has 0 atom stereocenters. The van der Waals surface area contributed by atoms with Gasteiger partial charge in [-0.1, -0.05) is 0 Å². The number of hydrogen-bond donors (Lipinski definition) is 1. The predicted molar refractivity (Wildman–Crippen MR) is 124 cm³/mol. The van der Waals surface area contributed by atoms with Gasteiger partial charge in [-0.25, -0.2) is 4.98 Å². The Labute approximate surface area is 188 Å². The molecule has 1 N–H and O–H groups in total. The number of guanidine groups is 1. The van der Waals surface area contributed by atoms with Crippen LogP contribution < -0.4 is 10.2 Å². The lowest BCUT2D eigenvalue weighted by Gasteiger charge is -2.36. The van der Waals surface area contributed by atoms with Gasteiger partial charge < -0.3 is 24.8 Å². The molecule has 0 aliphatic carbocycles. The Balaban J connectivity index is 0.00000280. The second-order valence-electron chi connectivity index (χ2n) is 7.12. The highest BCUT2D eigenvalue weighted by atomic mass is 127.